The van der Waals surface area contributed by atoms with Crippen molar-refractivity contribution < 1.29 is 105 Å². The number of hydrogen-bond donors (Lipinski definition) is 0. The van der Waals surface area contributed by atoms with Crippen LogP contribution in [0.5, 0.6) is 0 Å². The minimum Gasteiger partial charge on any atom is -1.00 e. The molecule has 0 aliphatic carbocycles. The van der Waals surface area contributed by atoms with E-state index in [4.69, 9.17) is 0 Å². The van der Waals surface area contributed by atoms with Crippen molar-refractivity contribution in [3.8, 4) is 0 Å². The van der Waals surface area contributed by atoms with Crippen molar-refractivity contribution in [1.82, 2.24) is 0 Å². The summed E-state index contributed by atoms with van der Waals surface area (Å²) in [6.07, 6.45) is 0. The molecule has 18 heteroatoms. The van der Waals surface area contributed by atoms with Crippen LogP contribution in [0.2, 0.25) is 0 Å². The Balaban J connectivity index is -0.0000000612. The van der Waals surface area contributed by atoms with Gasteiger partial charge in [-0.1, -0.05) is 6.07 Å². The molecule has 0 saturated heterocycles. The van der Waals surface area contributed by atoms with Gasteiger partial charge in [0, 0.05) is 0 Å². The molecule has 0 atom stereocenters. The third-order valence-electron chi connectivity index (χ3n) is 0.486. The fraction of sp³-hybridized carbons (Fsp3) is 0. The Morgan fingerprint density at radius 3 is 1.00 bits per heavy atom. The summed E-state index contributed by atoms with van der Waals surface area (Å²) in [5, 5.41) is 2.03. The predicted octanol–water partition coefficient (Wildman–Crippen LogP) is 3.53. The molecule has 0 aromatic carbocycles. The van der Waals surface area contributed by atoms with E-state index in [0.29, 0.717) is 0 Å². The molecule has 0 fully saturated rings. The normalized spacial score (nSPS) is 10.6. The molecule has 0 nitrogen and oxygen atoms in total. The average Bonchev–Trinajstić information content (AvgIpc) is 2.44. The van der Waals surface area contributed by atoms with Crippen LogP contribution in [-0.4, -0.2) is 21.8 Å². The maximum Gasteiger partial charge on any atom is 1.00 e. The zero-order valence-corrected chi connectivity index (χ0v) is 15.8. The Morgan fingerprint density at radius 2 is 0.955 bits per heavy atom. The standard InChI is InChI=1S/C4H3BrS.3BF4.K.H/c5-4-2-1-3-6-4;3*2-1(3,4)5;;/h1-3H;;;;;/q;3*-1;+1;-1. The van der Waals surface area contributed by atoms with Gasteiger partial charge in [-0.3, -0.25) is 0 Å². The summed E-state index contributed by atoms with van der Waals surface area (Å²) < 4.78 is 118. The van der Waals surface area contributed by atoms with Crippen LogP contribution in [0, 0.1) is 0 Å². The van der Waals surface area contributed by atoms with E-state index in [1.54, 1.807) is 11.3 Å². The molecule has 0 radical (unpaired) electrons. The van der Waals surface area contributed by atoms with E-state index in [1.165, 1.54) is 3.79 Å². The van der Waals surface area contributed by atoms with E-state index in [2.05, 4.69) is 15.9 Å². The molecular weight excluding hydrogens is 460 g/mol. The van der Waals surface area contributed by atoms with E-state index in [0.717, 1.165) is 0 Å². The largest absolute Gasteiger partial charge is 1.00 e. The summed E-state index contributed by atoms with van der Waals surface area (Å²) in [5.74, 6) is 0. The van der Waals surface area contributed by atoms with Gasteiger partial charge >= 0.3 is 73.1 Å². The minimum absolute atomic E-state index is 0. The van der Waals surface area contributed by atoms with Gasteiger partial charge in [-0.15, -0.1) is 11.3 Å². The Labute approximate surface area is 173 Å². The summed E-state index contributed by atoms with van der Waals surface area (Å²) in [6.45, 7) is 0. The maximum atomic E-state index is 9.75. The van der Waals surface area contributed by atoms with Crippen molar-refractivity contribution in [3.05, 3.63) is 21.3 Å². The zero-order valence-electron chi connectivity index (χ0n) is 11.3. The summed E-state index contributed by atoms with van der Waals surface area (Å²) in [4.78, 5) is 0. The molecule has 0 saturated carbocycles. The zero-order chi connectivity index (χ0) is 17.9. The molecule has 0 aliphatic rings. The van der Waals surface area contributed by atoms with Gasteiger partial charge in [-0.05, 0) is 27.4 Å². The first-order valence-electron chi connectivity index (χ1n) is 4.20. The fourth-order valence-electron chi connectivity index (χ4n) is 0.259. The van der Waals surface area contributed by atoms with Crippen LogP contribution in [-0.2, 0) is 0 Å². The molecule has 0 N–H and O–H groups in total. The summed E-state index contributed by atoms with van der Waals surface area (Å²) in [7, 11) is -18.0. The van der Waals surface area contributed by atoms with E-state index in [9.17, 15) is 51.8 Å². The molecule has 1 aromatic rings. The molecule has 22 heavy (non-hydrogen) atoms. The average molecular weight is 464 g/mol. The third kappa shape index (κ3) is 129. The monoisotopic (exact) mass is 463 g/mol. The van der Waals surface area contributed by atoms with E-state index >= 15 is 0 Å². The second-order valence-electron chi connectivity index (χ2n) is 2.40. The van der Waals surface area contributed by atoms with Gasteiger partial charge in [-0.25, -0.2) is 0 Å². The van der Waals surface area contributed by atoms with Gasteiger partial charge in [0.15, 0.2) is 0 Å². The quantitative estimate of drug-likeness (QED) is 0.408. The summed E-state index contributed by atoms with van der Waals surface area (Å²) >= 11 is 4.99. The number of halogens is 13. The summed E-state index contributed by atoms with van der Waals surface area (Å²) in [6, 6.07) is 4.03. The van der Waals surface area contributed by atoms with E-state index in [1.807, 2.05) is 17.5 Å². The molecule has 1 heterocycles. The Kier molecular flexibility index (Phi) is 20.4. The first-order chi connectivity index (χ1) is 8.89. The summed E-state index contributed by atoms with van der Waals surface area (Å²) in [5.41, 5.74) is 0. The van der Waals surface area contributed by atoms with Gasteiger partial charge in [0.1, 0.15) is 0 Å². The van der Waals surface area contributed by atoms with Crippen LogP contribution in [0.1, 0.15) is 1.43 Å². The number of thiophene rings is 1. The van der Waals surface area contributed by atoms with Gasteiger partial charge in [-0.2, -0.15) is 0 Å². The molecule has 130 valence electrons. The fourth-order valence-corrected chi connectivity index (χ4v) is 1.18. The Hall–Kier alpha value is 1.17. The van der Waals surface area contributed by atoms with Gasteiger partial charge in [0.2, 0.25) is 0 Å². The van der Waals surface area contributed by atoms with E-state index < -0.39 is 21.8 Å². The molecule has 0 amide bonds. The van der Waals surface area contributed by atoms with Crippen LogP contribution < -0.4 is 51.4 Å². The first-order valence-corrected chi connectivity index (χ1v) is 5.88. The van der Waals surface area contributed by atoms with Crippen LogP contribution in [0.3, 0.4) is 0 Å². The van der Waals surface area contributed by atoms with Crippen LogP contribution in [0.25, 0.3) is 0 Å². The second-order valence-corrected chi connectivity index (χ2v) is 4.73. The number of hydrogen-bond acceptors (Lipinski definition) is 1. The van der Waals surface area contributed by atoms with Crippen molar-refractivity contribution in [3.63, 3.8) is 0 Å². The first kappa shape index (κ1) is 31.0. The minimum atomic E-state index is -6.00. The molecule has 1 rings (SSSR count). The predicted molar refractivity (Wildman–Crippen MR) is 63.7 cm³/mol. The van der Waals surface area contributed by atoms with Crippen molar-refractivity contribution in [2.75, 3.05) is 0 Å². The Morgan fingerprint density at radius 1 is 0.727 bits per heavy atom. The molecule has 0 bridgehead atoms. The molecule has 1 aromatic heterocycles. The van der Waals surface area contributed by atoms with Gasteiger partial charge < -0.3 is 53.2 Å². The topological polar surface area (TPSA) is 0 Å². The number of rotatable bonds is 0. The Bertz CT molecular complexity index is 295. The molecule has 0 unspecified atom stereocenters. The molecule has 0 aliphatic heterocycles. The molecular formula is C4H4B3BrF12KS-3. The third-order valence-corrected chi connectivity index (χ3v) is 1.97. The van der Waals surface area contributed by atoms with Crippen molar-refractivity contribution in [2.45, 2.75) is 0 Å². The SMILES string of the molecule is Brc1cccs1.F[B-](F)(F)F.F[B-](F)(F)F.F[B-](F)(F)F.[H-].[K+]. The van der Waals surface area contributed by atoms with E-state index in [-0.39, 0.29) is 52.8 Å². The van der Waals surface area contributed by atoms with Crippen LogP contribution in [0.4, 0.5) is 51.8 Å². The van der Waals surface area contributed by atoms with Crippen molar-refractivity contribution in [2.24, 2.45) is 0 Å². The van der Waals surface area contributed by atoms with Crippen LogP contribution in [0.15, 0.2) is 21.3 Å². The maximum absolute atomic E-state index is 9.75. The molecule has 0 spiro atoms. The van der Waals surface area contributed by atoms with Crippen molar-refractivity contribution >= 4 is 49.0 Å². The van der Waals surface area contributed by atoms with Crippen molar-refractivity contribution in [1.29, 1.82) is 0 Å². The smallest absolute Gasteiger partial charge is 1.00 e. The van der Waals surface area contributed by atoms with Gasteiger partial charge in [0.05, 0.1) is 3.79 Å². The van der Waals surface area contributed by atoms with Crippen LogP contribution >= 0.6 is 27.3 Å². The second kappa shape index (κ2) is 14.5. The van der Waals surface area contributed by atoms with Gasteiger partial charge in [0.25, 0.3) is 0 Å².